The van der Waals surface area contributed by atoms with Gasteiger partial charge >= 0.3 is 24.3 Å². The van der Waals surface area contributed by atoms with Gasteiger partial charge in [-0.25, -0.2) is 14.6 Å². The zero-order valence-electron chi connectivity index (χ0n) is 21.3. The van der Waals surface area contributed by atoms with Gasteiger partial charge < -0.3 is 24.6 Å². The Kier molecular flexibility index (Phi) is 11.5. The Morgan fingerprint density at radius 2 is 1.60 bits per heavy atom. The molecule has 40 heavy (non-hydrogen) atoms. The summed E-state index contributed by atoms with van der Waals surface area (Å²) < 4.78 is 75.0. The Labute approximate surface area is 225 Å². The molecule has 2 saturated heterocycles. The molecule has 0 radical (unpaired) electrons. The van der Waals surface area contributed by atoms with Crippen LogP contribution in [0.4, 0.5) is 32.2 Å². The molecule has 4 rings (SSSR count). The third kappa shape index (κ3) is 10.5. The van der Waals surface area contributed by atoms with Gasteiger partial charge in [-0.15, -0.1) is 0 Å². The molecule has 0 aliphatic carbocycles. The highest BCUT2D eigenvalue weighted by atomic mass is 19.4. The van der Waals surface area contributed by atoms with Crippen LogP contribution in [0.1, 0.15) is 18.4 Å². The molecule has 3 heterocycles. The Morgan fingerprint density at radius 3 is 2.10 bits per heavy atom. The van der Waals surface area contributed by atoms with Gasteiger partial charge in [0, 0.05) is 45.1 Å². The van der Waals surface area contributed by atoms with Gasteiger partial charge in [0.2, 0.25) is 0 Å². The van der Waals surface area contributed by atoms with E-state index in [1.165, 1.54) is 5.56 Å². The molecule has 0 amide bonds. The summed E-state index contributed by atoms with van der Waals surface area (Å²) in [4.78, 5) is 31.3. The second-order valence-electron chi connectivity index (χ2n) is 8.78. The highest BCUT2D eigenvalue weighted by molar-refractivity contribution is 5.73. The number of aliphatic carboxylic acids is 2. The van der Waals surface area contributed by atoms with Gasteiger partial charge in [0.05, 0.1) is 25.5 Å². The Morgan fingerprint density at radius 1 is 1.00 bits per heavy atom. The normalized spacial score (nSPS) is 19.5. The zero-order chi connectivity index (χ0) is 30.0. The Bertz CT molecular complexity index is 1060. The number of aromatic nitrogens is 2. The molecule has 2 aromatic rings. The van der Waals surface area contributed by atoms with E-state index in [-0.39, 0.29) is 5.60 Å². The van der Waals surface area contributed by atoms with Crippen molar-refractivity contribution in [2.24, 2.45) is 0 Å². The highest BCUT2D eigenvalue weighted by Crippen LogP contribution is 2.31. The predicted molar refractivity (Wildman–Crippen MR) is 128 cm³/mol. The maximum atomic E-state index is 10.6. The first-order chi connectivity index (χ1) is 18.6. The van der Waals surface area contributed by atoms with Crippen molar-refractivity contribution in [3.63, 3.8) is 0 Å². The molecule has 2 fully saturated rings. The first-order valence-electron chi connectivity index (χ1n) is 11.8. The van der Waals surface area contributed by atoms with Gasteiger partial charge in [-0.1, -0.05) is 12.1 Å². The van der Waals surface area contributed by atoms with Crippen molar-refractivity contribution in [3.8, 4) is 5.75 Å². The van der Waals surface area contributed by atoms with Gasteiger partial charge in [0.1, 0.15) is 11.6 Å². The van der Waals surface area contributed by atoms with Crippen LogP contribution in [0.2, 0.25) is 0 Å². The monoisotopic (exact) mass is 582 g/mol. The third-order valence-electron chi connectivity index (χ3n) is 5.79. The fourth-order valence-corrected chi connectivity index (χ4v) is 4.04. The van der Waals surface area contributed by atoms with E-state index in [0.29, 0.717) is 0 Å². The zero-order valence-corrected chi connectivity index (χ0v) is 21.3. The van der Waals surface area contributed by atoms with Crippen molar-refractivity contribution in [2.75, 3.05) is 44.8 Å². The number of ether oxygens (including phenoxy) is 2. The summed E-state index contributed by atoms with van der Waals surface area (Å²) in [6.07, 6.45) is -2.63. The molecule has 2 N–H and O–H groups in total. The number of carboxylic acid groups (broad SMARTS) is 2. The van der Waals surface area contributed by atoms with Crippen molar-refractivity contribution in [1.29, 1.82) is 0 Å². The lowest BCUT2D eigenvalue weighted by Crippen LogP contribution is -2.59. The molecule has 10 nitrogen and oxygen atoms in total. The summed E-state index contributed by atoms with van der Waals surface area (Å²) in [5, 5.41) is 14.2. The lowest BCUT2D eigenvalue weighted by atomic mass is 9.90. The number of carbonyl (C=O) groups is 2. The SMILES string of the molecule is COc1ccc(CN2CCOC3(CCCN(c4cnccn4)C3)C2)cc1.O=C(O)C(F)(F)F.O=C(O)C(F)(F)F. The number of hydrogen-bond acceptors (Lipinski definition) is 8. The van der Waals surface area contributed by atoms with Crippen LogP contribution in [-0.4, -0.2) is 94.9 Å². The van der Waals surface area contributed by atoms with E-state index < -0.39 is 24.3 Å². The second kappa shape index (κ2) is 14.1. The van der Waals surface area contributed by atoms with E-state index in [1.54, 1.807) is 19.5 Å². The molecule has 1 aromatic carbocycles. The number of anilines is 1. The largest absolute Gasteiger partial charge is 0.497 e. The quantitative estimate of drug-likeness (QED) is 0.517. The van der Waals surface area contributed by atoms with Gasteiger partial charge in [0.25, 0.3) is 0 Å². The molecule has 1 unspecified atom stereocenters. The first kappa shape index (κ1) is 32.6. The molecule has 222 valence electrons. The lowest BCUT2D eigenvalue weighted by Gasteiger charge is -2.48. The number of benzene rings is 1. The van der Waals surface area contributed by atoms with Crippen LogP contribution in [0.5, 0.6) is 5.75 Å². The molecular weight excluding hydrogens is 554 g/mol. The van der Waals surface area contributed by atoms with E-state index in [0.717, 1.165) is 63.7 Å². The second-order valence-corrected chi connectivity index (χ2v) is 8.78. The Hall–Kier alpha value is -3.66. The van der Waals surface area contributed by atoms with E-state index in [2.05, 4.69) is 31.9 Å². The van der Waals surface area contributed by atoms with E-state index in [9.17, 15) is 26.3 Å². The number of nitrogens with zero attached hydrogens (tertiary/aromatic N) is 4. The summed E-state index contributed by atoms with van der Waals surface area (Å²) in [6.45, 7) is 5.55. The van der Waals surface area contributed by atoms with E-state index in [4.69, 9.17) is 29.3 Å². The van der Waals surface area contributed by atoms with Crippen molar-refractivity contribution >= 4 is 17.8 Å². The minimum Gasteiger partial charge on any atom is -0.497 e. The average molecular weight is 582 g/mol. The molecule has 1 spiro atoms. The van der Waals surface area contributed by atoms with Gasteiger partial charge in [-0.05, 0) is 30.5 Å². The molecule has 0 saturated carbocycles. The number of carboxylic acids is 2. The fraction of sp³-hybridized carbons (Fsp3) is 0.500. The van der Waals surface area contributed by atoms with Crippen molar-refractivity contribution in [3.05, 3.63) is 48.4 Å². The van der Waals surface area contributed by atoms with Crippen LogP contribution in [0.15, 0.2) is 42.9 Å². The third-order valence-corrected chi connectivity index (χ3v) is 5.79. The lowest BCUT2D eigenvalue weighted by molar-refractivity contribution is -0.193. The summed E-state index contributed by atoms with van der Waals surface area (Å²) in [6, 6.07) is 8.35. The minimum absolute atomic E-state index is 0.111. The minimum atomic E-state index is -5.08. The van der Waals surface area contributed by atoms with E-state index >= 15 is 0 Å². The first-order valence-corrected chi connectivity index (χ1v) is 11.8. The number of alkyl halides is 6. The van der Waals surface area contributed by atoms with Gasteiger partial charge in [-0.2, -0.15) is 26.3 Å². The molecule has 16 heteroatoms. The number of methoxy groups -OCH3 is 1. The summed E-state index contributed by atoms with van der Waals surface area (Å²) in [5.41, 5.74) is 1.20. The molecule has 2 aliphatic rings. The molecule has 1 atom stereocenters. The standard InChI is InChI=1S/C20H26N4O2.2C2HF3O2/c1-25-18-5-3-17(4-6-18)14-23-11-12-26-20(15-23)7-2-10-24(16-20)19-13-21-8-9-22-19;2*3-2(4,5)1(6)7/h3-6,8-9,13H,2,7,10-12,14-16H2,1H3;2*(H,6,7). The van der Waals surface area contributed by atoms with Crippen LogP contribution in [0, 0.1) is 0 Å². The van der Waals surface area contributed by atoms with Crippen LogP contribution >= 0.6 is 0 Å². The van der Waals surface area contributed by atoms with E-state index in [1.807, 2.05) is 18.3 Å². The maximum Gasteiger partial charge on any atom is 0.490 e. The maximum absolute atomic E-state index is 10.6. The van der Waals surface area contributed by atoms with Crippen molar-refractivity contribution < 1.29 is 55.6 Å². The fourth-order valence-electron chi connectivity index (χ4n) is 4.04. The molecule has 2 aliphatic heterocycles. The van der Waals surface area contributed by atoms with Crippen LogP contribution < -0.4 is 9.64 Å². The summed E-state index contributed by atoms with van der Waals surface area (Å²) >= 11 is 0. The molecule has 1 aromatic heterocycles. The van der Waals surface area contributed by atoms with Gasteiger partial charge in [0.15, 0.2) is 0 Å². The van der Waals surface area contributed by atoms with Gasteiger partial charge in [-0.3, -0.25) is 9.88 Å². The Balaban J connectivity index is 0.000000333. The van der Waals surface area contributed by atoms with Crippen LogP contribution in [0.3, 0.4) is 0 Å². The summed E-state index contributed by atoms with van der Waals surface area (Å²) in [7, 11) is 1.70. The van der Waals surface area contributed by atoms with Crippen molar-refractivity contribution in [1.82, 2.24) is 14.9 Å². The topological polar surface area (TPSA) is 125 Å². The van der Waals surface area contributed by atoms with Crippen LogP contribution in [0.25, 0.3) is 0 Å². The molecule has 0 bridgehead atoms. The van der Waals surface area contributed by atoms with Crippen molar-refractivity contribution in [2.45, 2.75) is 37.3 Å². The number of halogens is 6. The summed E-state index contributed by atoms with van der Waals surface area (Å²) in [5.74, 6) is -3.67. The average Bonchev–Trinajstić information content (AvgIpc) is 2.89. The predicted octanol–water partition coefficient (Wildman–Crippen LogP) is 3.62. The number of piperidine rings is 1. The number of rotatable bonds is 4. The smallest absolute Gasteiger partial charge is 0.490 e. The number of morpholine rings is 1. The van der Waals surface area contributed by atoms with Crippen LogP contribution in [-0.2, 0) is 20.9 Å². The molecular formula is C24H28F6N4O6. The highest BCUT2D eigenvalue weighted by Gasteiger charge is 2.41. The number of hydrogen-bond donors (Lipinski definition) is 2.